The van der Waals surface area contributed by atoms with Gasteiger partial charge in [0.2, 0.25) is 5.28 Å². The summed E-state index contributed by atoms with van der Waals surface area (Å²) in [6.07, 6.45) is 1.47. The molecule has 1 aromatic carbocycles. The number of halogens is 2. The number of benzene rings is 1. The van der Waals surface area contributed by atoms with Crippen LogP contribution in [0.15, 0.2) is 35.3 Å². The van der Waals surface area contributed by atoms with Crippen molar-refractivity contribution in [2.24, 2.45) is 0 Å². The minimum absolute atomic E-state index is 0.0481. The van der Waals surface area contributed by atoms with Crippen LogP contribution in [-0.2, 0) is 0 Å². The first-order valence-corrected chi connectivity index (χ1v) is 6.78. The first-order chi connectivity index (χ1) is 9.99. The van der Waals surface area contributed by atoms with Crippen molar-refractivity contribution >= 4 is 22.6 Å². The summed E-state index contributed by atoms with van der Waals surface area (Å²) < 4.78 is 16.4. The van der Waals surface area contributed by atoms with E-state index in [-0.39, 0.29) is 17.0 Å². The van der Waals surface area contributed by atoms with Gasteiger partial charge in [0.05, 0.1) is 11.0 Å². The third kappa shape index (κ3) is 2.21. The number of hydrogen-bond acceptors (Lipinski definition) is 3. The molecule has 3 aromatic rings. The second-order valence-electron chi connectivity index (χ2n) is 4.90. The van der Waals surface area contributed by atoms with Crippen LogP contribution in [0.5, 0.6) is 0 Å². The zero-order valence-corrected chi connectivity index (χ0v) is 12.2. The summed E-state index contributed by atoms with van der Waals surface area (Å²) in [5.41, 5.74) is 0.801. The van der Waals surface area contributed by atoms with Crippen LogP contribution in [0.3, 0.4) is 0 Å². The summed E-state index contributed by atoms with van der Waals surface area (Å²) in [6.45, 7) is 3.73. The van der Waals surface area contributed by atoms with Crippen LogP contribution in [0.1, 0.15) is 19.9 Å². The Hall–Kier alpha value is -2.21. The summed E-state index contributed by atoms with van der Waals surface area (Å²) in [7, 11) is 0. The molecular weight excluding hydrogens is 295 g/mol. The van der Waals surface area contributed by atoms with E-state index in [0.717, 1.165) is 0 Å². The average Bonchev–Trinajstić information content (AvgIpc) is 2.70. The van der Waals surface area contributed by atoms with Gasteiger partial charge in [-0.1, -0.05) is 0 Å². The molecule has 108 valence electrons. The van der Waals surface area contributed by atoms with Crippen molar-refractivity contribution < 1.29 is 4.39 Å². The van der Waals surface area contributed by atoms with E-state index in [4.69, 9.17) is 11.6 Å². The number of aromatic nitrogens is 4. The summed E-state index contributed by atoms with van der Waals surface area (Å²) >= 11 is 5.79. The normalized spacial score (nSPS) is 11.5. The molecule has 0 aliphatic rings. The quantitative estimate of drug-likeness (QED) is 0.684. The highest BCUT2D eigenvalue weighted by Gasteiger charge is 2.18. The van der Waals surface area contributed by atoms with E-state index in [2.05, 4.69) is 9.97 Å². The molecule has 0 fully saturated rings. The summed E-state index contributed by atoms with van der Waals surface area (Å²) in [5, 5.41) is 0.0481. The zero-order valence-electron chi connectivity index (χ0n) is 11.4. The molecule has 0 radical (unpaired) electrons. The van der Waals surface area contributed by atoms with Crippen molar-refractivity contribution in [3.63, 3.8) is 0 Å². The lowest BCUT2D eigenvalue weighted by Gasteiger charge is -2.06. The first-order valence-electron chi connectivity index (χ1n) is 6.40. The highest BCUT2D eigenvalue weighted by molar-refractivity contribution is 6.28. The van der Waals surface area contributed by atoms with Crippen molar-refractivity contribution in [1.82, 2.24) is 19.1 Å². The van der Waals surface area contributed by atoms with Gasteiger partial charge in [0, 0.05) is 18.3 Å². The molecule has 0 saturated carbocycles. The van der Waals surface area contributed by atoms with Crippen LogP contribution in [0.25, 0.3) is 16.9 Å². The fourth-order valence-electron chi connectivity index (χ4n) is 2.36. The SMILES string of the molecule is CC(C)n1c(=O)n(-c2ccnc(Cl)n2)c2ccc(F)cc21. The number of fused-ring (bicyclic) bond motifs is 1. The maximum atomic E-state index is 13.5. The van der Waals surface area contributed by atoms with Crippen LogP contribution in [0, 0.1) is 5.82 Å². The third-order valence-electron chi connectivity index (χ3n) is 3.19. The van der Waals surface area contributed by atoms with E-state index >= 15 is 0 Å². The van der Waals surface area contributed by atoms with Gasteiger partial charge in [-0.2, -0.15) is 4.98 Å². The Morgan fingerprint density at radius 1 is 1.24 bits per heavy atom. The predicted octanol–water partition coefficient (Wildman–Crippen LogP) is 2.96. The Bertz CT molecular complexity index is 884. The van der Waals surface area contributed by atoms with E-state index in [0.29, 0.717) is 16.9 Å². The average molecular weight is 307 g/mol. The van der Waals surface area contributed by atoms with Gasteiger partial charge in [-0.25, -0.2) is 18.7 Å². The van der Waals surface area contributed by atoms with Gasteiger partial charge in [0.25, 0.3) is 0 Å². The topological polar surface area (TPSA) is 52.7 Å². The number of nitrogens with zero attached hydrogens (tertiary/aromatic N) is 4. The molecule has 0 amide bonds. The number of imidazole rings is 1. The zero-order chi connectivity index (χ0) is 15.1. The van der Waals surface area contributed by atoms with Crippen molar-refractivity contribution in [2.45, 2.75) is 19.9 Å². The fourth-order valence-corrected chi connectivity index (χ4v) is 2.51. The molecule has 0 bridgehead atoms. The Labute approximate surface area is 124 Å². The third-order valence-corrected chi connectivity index (χ3v) is 3.37. The molecule has 0 unspecified atom stereocenters. The van der Waals surface area contributed by atoms with Crippen molar-refractivity contribution in [3.8, 4) is 5.82 Å². The molecule has 0 spiro atoms. The molecule has 0 aliphatic heterocycles. The number of hydrogen-bond donors (Lipinski definition) is 0. The Morgan fingerprint density at radius 2 is 2.00 bits per heavy atom. The van der Waals surface area contributed by atoms with Crippen LogP contribution in [0.4, 0.5) is 4.39 Å². The Balaban J connectivity index is 2.43. The molecule has 5 nitrogen and oxygen atoms in total. The lowest BCUT2D eigenvalue weighted by molar-refractivity contribution is 0.586. The van der Waals surface area contributed by atoms with Crippen LogP contribution < -0.4 is 5.69 Å². The van der Waals surface area contributed by atoms with Gasteiger partial charge in [-0.05, 0) is 43.6 Å². The molecule has 7 heteroatoms. The van der Waals surface area contributed by atoms with Crippen LogP contribution >= 0.6 is 11.6 Å². The minimum Gasteiger partial charge on any atom is -0.289 e. The van der Waals surface area contributed by atoms with Gasteiger partial charge in [-0.3, -0.25) is 4.57 Å². The maximum Gasteiger partial charge on any atom is 0.335 e. The number of rotatable bonds is 2. The molecule has 21 heavy (non-hydrogen) atoms. The highest BCUT2D eigenvalue weighted by atomic mass is 35.5. The Morgan fingerprint density at radius 3 is 2.67 bits per heavy atom. The summed E-state index contributed by atoms with van der Waals surface area (Å²) in [6, 6.07) is 5.68. The summed E-state index contributed by atoms with van der Waals surface area (Å²) in [4.78, 5) is 20.5. The predicted molar refractivity (Wildman–Crippen MR) is 78.5 cm³/mol. The van der Waals surface area contributed by atoms with Crippen molar-refractivity contribution in [2.75, 3.05) is 0 Å². The molecule has 0 N–H and O–H groups in total. The monoisotopic (exact) mass is 306 g/mol. The Kier molecular flexibility index (Phi) is 3.25. The van der Waals surface area contributed by atoms with E-state index in [1.54, 1.807) is 12.1 Å². The van der Waals surface area contributed by atoms with Crippen molar-refractivity contribution in [3.05, 3.63) is 52.0 Å². The second-order valence-corrected chi connectivity index (χ2v) is 5.24. The van der Waals surface area contributed by atoms with E-state index in [1.165, 1.54) is 27.5 Å². The molecule has 2 aromatic heterocycles. The minimum atomic E-state index is -0.394. The maximum absolute atomic E-state index is 13.5. The van der Waals surface area contributed by atoms with Gasteiger partial charge in [0.1, 0.15) is 11.6 Å². The summed E-state index contributed by atoms with van der Waals surface area (Å²) in [5.74, 6) is -0.0363. The van der Waals surface area contributed by atoms with Crippen LogP contribution in [0.2, 0.25) is 5.28 Å². The fraction of sp³-hybridized carbons (Fsp3) is 0.214. The largest absolute Gasteiger partial charge is 0.335 e. The van der Waals surface area contributed by atoms with Gasteiger partial charge in [-0.15, -0.1) is 0 Å². The molecule has 3 rings (SSSR count). The van der Waals surface area contributed by atoms with Crippen molar-refractivity contribution in [1.29, 1.82) is 0 Å². The van der Waals surface area contributed by atoms with Gasteiger partial charge < -0.3 is 0 Å². The lowest BCUT2D eigenvalue weighted by Crippen LogP contribution is -2.25. The molecule has 0 aliphatic carbocycles. The lowest BCUT2D eigenvalue weighted by atomic mass is 10.3. The first kappa shape index (κ1) is 13.8. The molecule has 0 atom stereocenters. The smallest absolute Gasteiger partial charge is 0.289 e. The van der Waals surface area contributed by atoms with E-state index < -0.39 is 5.82 Å². The van der Waals surface area contributed by atoms with Gasteiger partial charge >= 0.3 is 5.69 Å². The van der Waals surface area contributed by atoms with Crippen LogP contribution in [-0.4, -0.2) is 19.1 Å². The molecular formula is C14H12ClFN4O. The van der Waals surface area contributed by atoms with E-state index in [9.17, 15) is 9.18 Å². The standard InChI is InChI=1S/C14H12ClFN4O/c1-8(2)19-11-7-9(16)3-4-10(11)20(14(19)21)12-5-6-17-13(15)18-12/h3-8H,1-2H3. The highest BCUT2D eigenvalue weighted by Crippen LogP contribution is 2.21. The second kappa shape index (κ2) is 4.96. The molecule has 2 heterocycles. The van der Waals surface area contributed by atoms with Gasteiger partial charge in [0.15, 0.2) is 0 Å². The molecule has 0 saturated heterocycles. The van der Waals surface area contributed by atoms with E-state index in [1.807, 2.05) is 13.8 Å².